The molecule has 0 saturated carbocycles. The molecule has 4 amide bonds. The lowest BCUT2D eigenvalue weighted by Gasteiger charge is -2.20. The van der Waals surface area contributed by atoms with Crippen molar-refractivity contribution in [2.24, 2.45) is 0 Å². The van der Waals surface area contributed by atoms with E-state index in [2.05, 4.69) is 16.0 Å². The first kappa shape index (κ1) is 45.9. The van der Waals surface area contributed by atoms with E-state index in [0.717, 1.165) is 19.2 Å². The van der Waals surface area contributed by atoms with Gasteiger partial charge in [0.2, 0.25) is 0 Å². The number of aromatic carboxylic acids is 4. The van der Waals surface area contributed by atoms with E-state index in [1.54, 1.807) is 0 Å². The Morgan fingerprint density at radius 1 is 0.525 bits per heavy atom. The van der Waals surface area contributed by atoms with E-state index in [0.29, 0.717) is 42.5 Å². The molecule has 22 heteroatoms. The Hall–Kier alpha value is -7.78. The zero-order valence-electron chi connectivity index (χ0n) is 31.4. The molecule has 0 aliphatic carbocycles. The average molecular weight is 861 g/mol. The Labute approximate surface area is 338 Å². The van der Waals surface area contributed by atoms with Crippen molar-refractivity contribution in [3.63, 3.8) is 0 Å². The van der Waals surface area contributed by atoms with Crippen molar-refractivity contribution in [3.8, 4) is 11.1 Å². The van der Waals surface area contributed by atoms with Crippen LogP contribution in [0.1, 0.15) is 113 Å². The standard InChI is InChI=1S/C39H30F6N4O12/c1-15(2)48-32(52)22-11-21(25(35(56)57)13-26(22)36(58)59)31(51)47-14-16-4-6-18(28(8-16)38(40,41)42)19-7-5-17(9-29(19)39(43,44)45)49-33(53)23-10-20(30(50)46-3)24(34(54)55)12-27(23)37(60)61/h4-13,15H,14H2,1-3H3,(H,46,50)(H,47,51)(H,48,52)(H,49,53)(H,54,55)(H,56,57)(H,58,59)(H,60,61). The summed E-state index contributed by atoms with van der Waals surface area (Å²) in [4.78, 5) is 98.8. The number of nitrogens with one attached hydrogen (secondary N) is 4. The quantitative estimate of drug-likeness (QED) is 0.0735. The predicted molar refractivity (Wildman–Crippen MR) is 198 cm³/mol. The SMILES string of the molecule is CNC(=O)c1cc(C(=O)Nc2ccc(-c3ccc(CNC(=O)c4cc(C(=O)NC(C)C)c(C(=O)O)cc4C(=O)O)cc3C(F)(F)F)c(C(F)(F)F)c2)c(C(=O)O)cc1C(=O)O. The molecule has 0 atom stereocenters. The molecule has 0 heterocycles. The van der Waals surface area contributed by atoms with Crippen molar-refractivity contribution in [2.75, 3.05) is 12.4 Å². The molecule has 0 saturated heterocycles. The maximum Gasteiger partial charge on any atom is 0.417 e. The number of amides is 4. The van der Waals surface area contributed by atoms with Crippen LogP contribution in [-0.2, 0) is 18.9 Å². The van der Waals surface area contributed by atoms with Crippen molar-refractivity contribution in [1.82, 2.24) is 16.0 Å². The Bertz CT molecular complexity index is 2530. The first-order valence-electron chi connectivity index (χ1n) is 17.1. The van der Waals surface area contributed by atoms with Crippen molar-refractivity contribution in [2.45, 2.75) is 38.8 Å². The summed E-state index contributed by atoms with van der Waals surface area (Å²) in [6, 6.07) is 5.31. The van der Waals surface area contributed by atoms with E-state index in [4.69, 9.17) is 0 Å². The van der Waals surface area contributed by atoms with Crippen molar-refractivity contribution in [1.29, 1.82) is 0 Å². The molecule has 4 aromatic carbocycles. The number of rotatable bonds is 13. The number of alkyl halides is 6. The summed E-state index contributed by atoms with van der Waals surface area (Å²) in [6.07, 6.45) is -10.7. The van der Waals surface area contributed by atoms with E-state index in [1.807, 2.05) is 5.32 Å². The van der Waals surface area contributed by atoms with E-state index >= 15 is 0 Å². The molecule has 16 nitrogen and oxygen atoms in total. The van der Waals surface area contributed by atoms with Crippen LogP contribution in [0, 0.1) is 0 Å². The van der Waals surface area contributed by atoms with Crippen LogP contribution in [0.2, 0.25) is 0 Å². The summed E-state index contributed by atoms with van der Waals surface area (Å²) >= 11 is 0. The van der Waals surface area contributed by atoms with Gasteiger partial charge in [0, 0.05) is 25.3 Å². The number of hydrogen-bond acceptors (Lipinski definition) is 8. The molecule has 0 aliphatic rings. The molecule has 0 aromatic heterocycles. The zero-order valence-corrected chi connectivity index (χ0v) is 31.4. The van der Waals surface area contributed by atoms with Crippen LogP contribution < -0.4 is 21.3 Å². The third-order valence-corrected chi connectivity index (χ3v) is 8.58. The average Bonchev–Trinajstić information content (AvgIpc) is 3.17. The van der Waals surface area contributed by atoms with Crippen LogP contribution in [0.5, 0.6) is 0 Å². The minimum absolute atomic E-state index is 0.249. The van der Waals surface area contributed by atoms with Crippen molar-refractivity contribution >= 4 is 53.2 Å². The Morgan fingerprint density at radius 2 is 0.918 bits per heavy atom. The van der Waals surface area contributed by atoms with Gasteiger partial charge in [0.05, 0.1) is 55.6 Å². The summed E-state index contributed by atoms with van der Waals surface area (Å²) in [5.41, 5.74) is -12.9. The predicted octanol–water partition coefficient (Wildman–Crippen LogP) is 5.86. The van der Waals surface area contributed by atoms with Gasteiger partial charge in [-0.3, -0.25) is 19.2 Å². The number of carbonyl (C=O) groups is 8. The highest BCUT2D eigenvalue weighted by Gasteiger charge is 2.39. The number of hydrogen-bond donors (Lipinski definition) is 8. The molecule has 0 fully saturated rings. The van der Waals surface area contributed by atoms with Crippen molar-refractivity contribution in [3.05, 3.63) is 122 Å². The Kier molecular flexibility index (Phi) is 13.3. The van der Waals surface area contributed by atoms with Crippen LogP contribution in [0.25, 0.3) is 11.1 Å². The highest BCUT2D eigenvalue weighted by Crippen LogP contribution is 2.44. The molecule has 0 unspecified atom stereocenters. The van der Waals surface area contributed by atoms with Gasteiger partial charge in [-0.25, -0.2) is 19.2 Å². The van der Waals surface area contributed by atoms with Gasteiger partial charge in [0.1, 0.15) is 0 Å². The molecule has 8 N–H and O–H groups in total. The van der Waals surface area contributed by atoms with Gasteiger partial charge >= 0.3 is 36.2 Å². The second kappa shape index (κ2) is 17.6. The van der Waals surface area contributed by atoms with E-state index < -0.39 is 145 Å². The summed E-state index contributed by atoms with van der Waals surface area (Å²) in [7, 11) is 1.09. The smallest absolute Gasteiger partial charge is 0.417 e. The van der Waals surface area contributed by atoms with Crippen LogP contribution in [0.15, 0.2) is 60.7 Å². The lowest BCUT2D eigenvalue weighted by Crippen LogP contribution is -2.32. The number of carboxylic acids is 4. The topological polar surface area (TPSA) is 266 Å². The van der Waals surface area contributed by atoms with Crippen LogP contribution in [0.3, 0.4) is 0 Å². The third-order valence-electron chi connectivity index (χ3n) is 8.58. The fraction of sp³-hybridized carbons (Fsp3) is 0.179. The molecule has 0 bridgehead atoms. The lowest BCUT2D eigenvalue weighted by atomic mass is 9.92. The van der Waals surface area contributed by atoms with Gasteiger partial charge in [-0.1, -0.05) is 18.2 Å². The lowest BCUT2D eigenvalue weighted by molar-refractivity contribution is -0.139. The van der Waals surface area contributed by atoms with Gasteiger partial charge in [-0.15, -0.1) is 0 Å². The fourth-order valence-corrected chi connectivity index (χ4v) is 5.87. The number of anilines is 1. The highest BCUT2D eigenvalue weighted by molar-refractivity contribution is 6.15. The summed E-state index contributed by atoms with van der Waals surface area (Å²) in [5.74, 6) is -11.9. The molecular formula is C39H30F6N4O12. The summed E-state index contributed by atoms with van der Waals surface area (Å²) < 4.78 is 87.0. The number of halogens is 6. The van der Waals surface area contributed by atoms with E-state index in [1.165, 1.54) is 13.8 Å². The molecule has 0 radical (unpaired) electrons. The Balaban J connectivity index is 1.74. The van der Waals surface area contributed by atoms with Gasteiger partial charge in [0.25, 0.3) is 23.6 Å². The fourth-order valence-electron chi connectivity index (χ4n) is 5.87. The zero-order chi connectivity index (χ0) is 45.9. The van der Waals surface area contributed by atoms with Gasteiger partial charge < -0.3 is 41.7 Å². The molecule has 0 spiro atoms. The van der Waals surface area contributed by atoms with Crippen LogP contribution in [-0.4, -0.2) is 81.0 Å². The Morgan fingerprint density at radius 3 is 1.34 bits per heavy atom. The van der Waals surface area contributed by atoms with Gasteiger partial charge in [-0.05, 0) is 73.0 Å². The molecule has 61 heavy (non-hydrogen) atoms. The van der Waals surface area contributed by atoms with Crippen LogP contribution >= 0.6 is 0 Å². The number of carbonyl (C=O) groups excluding carboxylic acids is 4. The number of carboxylic acid groups (broad SMARTS) is 4. The highest BCUT2D eigenvalue weighted by atomic mass is 19.4. The number of benzene rings is 4. The second-order valence-electron chi connectivity index (χ2n) is 13.1. The largest absolute Gasteiger partial charge is 0.478 e. The second-order valence-corrected chi connectivity index (χ2v) is 13.1. The first-order valence-corrected chi connectivity index (χ1v) is 17.1. The van der Waals surface area contributed by atoms with Gasteiger partial charge in [-0.2, -0.15) is 26.3 Å². The molecule has 320 valence electrons. The molecular weight excluding hydrogens is 830 g/mol. The minimum atomic E-state index is -5.39. The van der Waals surface area contributed by atoms with E-state index in [9.17, 15) is 85.1 Å². The summed E-state index contributed by atoms with van der Waals surface area (Å²) in [6.45, 7) is 2.26. The van der Waals surface area contributed by atoms with Crippen molar-refractivity contribution < 1.29 is 85.1 Å². The molecule has 4 rings (SSSR count). The van der Waals surface area contributed by atoms with Crippen LogP contribution in [0.4, 0.5) is 32.0 Å². The maximum atomic E-state index is 14.5. The normalized spacial score (nSPS) is 11.4. The first-order chi connectivity index (χ1) is 28.3. The molecule has 4 aromatic rings. The van der Waals surface area contributed by atoms with Gasteiger partial charge in [0.15, 0.2) is 0 Å². The summed E-state index contributed by atoms with van der Waals surface area (Å²) in [5, 5.41) is 47.0. The third kappa shape index (κ3) is 10.3. The van der Waals surface area contributed by atoms with E-state index in [-0.39, 0.29) is 11.6 Å². The monoisotopic (exact) mass is 860 g/mol. The molecule has 0 aliphatic heterocycles. The minimum Gasteiger partial charge on any atom is -0.478 e. The maximum absolute atomic E-state index is 14.5.